The summed E-state index contributed by atoms with van der Waals surface area (Å²) >= 11 is -3.27. The van der Waals surface area contributed by atoms with Crippen molar-refractivity contribution in [1.29, 1.82) is 0 Å². The number of rotatable bonds is 14. The summed E-state index contributed by atoms with van der Waals surface area (Å²) in [6.07, 6.45) is 1.22. The van der Waals surface area contributed by atoms with E-state index in [1.165, 1.54) is 0 Å². The second kappa shape index (κ2) is 18.6. The molecule has 1 N–H and O–H groups in total. The molecule has 0 amide bonds. The van der Waals surface area contributed by atoms with Gasteiger partial charge in [-0.2, -0.15) is 0 Å². The summed E-state index contributed by atoms with van der Waals surface area (Å²) in [6.45, 7) is 11.0. The van der Waals surface area contributed by atoms with Gasteiger partial charge in [0.05, 0.1) is 13.2 Å². The van der Waals surface area contributed by atoms with Gasteiger partial charge in [-0.15, -0.1) is 0 Å². The molecule has 1 saturated heterocycles. The van der Waals surface area contributed by atoms with Crippen molar-refractivity contribution in [2.24, 2.45) is 0 Å². The molecule has 0 bridgehead atoms. The Kier molecular flexibility index (Phi) is 20.0. The van der Waals surface area contributed by atoms with Crippen LogP contribution < -0.4 is 0 Å². The van der Waals surface area contributed by atoms with E-state index in [0.717, 1.165) is 19.1 Å². The standard InChI is InChI=1S/C9H20O5Si.C5H12O3Si.C4H9O.H2O.O.Ti/c1-10-15(11-2,12-3)6-4-5-13-7-9-8-14-9;1-5-9(6-2,7-3)8-4;1-4(2,3)5;;;/h9H,4-8H2,1-3H3;5H,1H2,2-4H3;1-3H3;1H2;;/q;;-1;;;+2/p-1. The molecule has 0 aromatic carbocycles. The van der Waals surface area contributed by atoms with Crippen molar-refractivity contribution in [3.63, 3.8) is 0 Å². The maximum absolute atomic E-state index is 10.0. The van der Waals surface area contributed by atoms with Gasteiger partial charge in [0, 0.05) is 55.3 Å². The fourth-order valence-electron chi connectivity index (χ4n) is 2.09. The minimum absolute atomic E-state index is 0.333. The Hall–Kier alpha value is 0.288. The molecule has 0 aromatic heterocycles. The van der Waals surface area contributed by atoms with Crippen LogP contribution in [0, 0.1) is 0 Å². The van der Waals surface area contributed by atoms with Crippen LogP contribution >= 0.6 is 0 Å². The number of hydrogen-bond acceptors (Lipinski definition) is 10. The summed E-state index contributed by atoms with van der Waals surface area (Å²) in [7, 11) is 4.68. The molecular weight excluding hydrogens is 496 g/mol. The van der Waals surface area contributed by atoms with Gasteiger partial charge in [0.1, 0.15) is 6.10 Å². The van der Waals surface area contributed by atoms with E-state index in [9.17, 15) is 3.32 Å². The van der Waals surface area contributed by atoms with Gasteiger partial charge >= 0.3 is 72.9 Å². The minimum Gasteiger partial charge on any atom is -0.379 e. The zero-order valence-corrected chi connectivity index (χ0v) is 24.5. The third-order valence-electron chi connectivity index (χ3n) is 3.91. The molecule has 0 aliphatic carbocycles. The summed E-state index contributed by atoms with van der Waals surface area (Å²) in [5.74, 6) is 0. The topological polar surface area (TPSA) is 124 Å². The molecule has 192 valence electrons. The monoisotopic (exact) mass is 538 g/mol. The van der Waals surface area contributed by atoms with E-state index in [0.29, 0.717) is 19.3 Å². The van der Waals surface area contributed by atoms with Crippen molar-refractivity contribution in [3.05, 3.63) is 12.3 Å². The molecule has 1 unspecified atom stereocenters. The smallest absolute Gasteiger partial charge is 0.379 e. The third kappa shape index (κ3) is 17.7. The summed E-state index contributed by atoms with van der Waals surface area (Å²) in [5, 5.41) is 0. The Bertz CT molecular complexity index is 477. The largest absolute Gasteiger partial charge is 0.500 e. The number of hydrogen-bond donors (Lipinski definition) is 1. The van der Waals surface area contributed by atoms with Crippen molar-refractivity contribution in [2.75, 3.05) is 62.5 Å². The van der Waals surface area contributed by atoms with Crippen LogP contribution in [-0.2, 0) is 61.3 Å². The Morgan fingerprint density at radius 1 is 1.03 bits per heavy atom. The van der Waals surface area contributed by atoms with E-state index in [-0.39, 0.29) is 0 Å². The van der Waals surface area contributed by atoms with Crippen LogP contribution in [0.1, 0.15) is 27.2 Å². The van der Waals surface area contributed by atoms with Crippen molar-refractivity contribution in [2.45, 2.75) is 44.9 Å². The summed E-state index contributed by atoms with van der Waals surface area (Å²) in [5.41, 5.74) is 1.11. The van der Waals surface area contributed by atoms with Crippen LogP contribution in [0.3, 0.4) is 0 Å². The van der Waals surface area contributed by atoms with E-state index >= 15 is 0 Å². The molecule has 32 heavy (non-hydrogen) atoms. The fraction of sp³-hybridized carbons (Fsp3) is 0.889. The van der Waals surface area contributed by atoms with Crippen molar-refractivity contribution in [3.8, 4) is 0 Å². The van der Waals surface area contributed by atoms with Crippen molar-refractivity contribution < 1.29 is 65.0 Å². The number of ether oxygens (including phenoxy) is 2. The predicted molar refractivity (Wildman–Crippen MR) is 117 cm³/mol. The Morgan fingerprint density at radius 3 is 1.72 bits per heavy atom. The molecule has 0 aromatic rings. The van der Waals surface area contributed by atoms with Crippen LogP contribution in [0.5, 0.6) is 0 Å². The van der Waals surface area contributed by atoms with Crippen molar-refractivity contribution in [1.82, 2.24) is 0 Å². The molecule has 0 saturated carbocycles. The molecule has 0 radical (unpaired) electrons. The van der Waals surface area contributed by atoms with Crippen LogP contribution in [-0.4, -0.2) is 95.5 Å². The molecule has 14 heteroatoms. The van der Waals surface area contributed by atoms with Gasteiger partial charge in [0.25, 0.3) is 0 Å². The Labute approximate surface area is 202 Å². The van der Waals surface area contributed by atoms with Crippen LogP contribution in [0.25, 0.3) is 0 Å². The van der Waals surface area contributed by atoms with Crippen LogP contribution in [0.15, 0.2) is 12.3 Å². The van der Waals surface area contributed by atoms with Gasteiger partial charge < -0.3 is 36.0 Å². The summed E-state index contributed by atoms with van der Waals surface area (Å²) < 4.78 is 64.1. The maximum atomic E-state index is 10.0. The van der Waals surface area contributed by atoms with Gasteiger partial charge in [-0.3, -0.25) is 0 Å². The van der Waals surface area contributed by atoms with E-state index < -0.39 is 41.8 Å². The second-order valence-electron chi connectivity index (χ2n) is 7.33. The molecular formula is C18H42O11Si2Ti. The Morgan fingerprint density at radius 2 is 1.50 bits per heavy atom. The molecule has 1 fully saturated rings. The van der Waals surface area contributed by atoms with Crippen molar-refractivity contribution >= 4 is 17.6 Å². The molecule has 11 nitrogen and oxygen atoms in total. The zero-order valence-electron chi connectivity index (χ0n) is 20.9. The van der Waals surface area contributed by atoms with Gasteiger partial charge in [-0.1, -0.05) is 6.58 Å². The number of epoxide rings is 1. The van der Waals surface area contributed by atoms with Gasteiger partial charge in [-0.25, -0.2) is 0 Å². The van der Waals surface area contributed by atoms with E-state index in [1.807, 2.05) is 0 Å². The first-order valence-electron chi connectivity index (χ1n) is 9.98. The molecule has 1 aliphatic rings. The molecule has 1 atom stereocenters. The molecule has 1 heterocycles. The SMILES string of the molecule is C=C[Si](OC)(OC)OC.CC(C)(C)[O][Ti](=[O])[OH].CO[Si](CCCOCC1CO1)(OC)OC. The van der Waals surface area contributed by atoms with Gasteiger partial charge in [0.15, 0.2) is 0 Å². The summed E-state index contributed by atoms with van der Waals surface area (Å²) in [4.78, 5) is 0. The zero-order chi connectivity index (χ0) is 25.3. The molecule has 0 spiro atoms. The Balaban J connectivity index is 0. The van der Waals surface area contributed by atoms with E-state index in [4.69, 9.17) is 39.7 Å². The van der Waals surface area contributed by atoms with Gasteiger partial charge in [-0.05, 0) is 12.1 Å². The van der Waals surface area contributed by atoms with Crippen LogP contribution in [0.2, 0.25) is 6.04 Å². The average molecular weight is 539 g/mol. The minimum atomic E-state index is -3.27. The summed E-state index contributed by atoms with van der Waals surface area (Å²) in [6, 6.07) is 0.780. The quantitative estimate of drug-likeness (QED) is 0.198. The maximum Gasteiger partial charge on any atom is 0.500 e. The molecule has 1 rings (SSSR count). The first-order chi connectivity index (χ1) is 14.9. The van der Waals surface area contributed by atoms with E-state index in [2.05, 4.69) is 9.90 Å². The third-order valence-corrected chi connectivity index (χ3v) is 10.2. The normalized spacial score (nSPS) is 15.8. The van der Waals surface area contributed by atoms with E-state index in [1.54, 1.807) is 69.1 Å². The first-order valence-corrected chi connectivity index (χ1v) is 15.7. The van der Waals surface area contributed by atoms with Crippen LogP contribution in [0.4, 0.5) is 0 Å². The first kappa shape index (κ1) is 34.5. The fourth-order valence-corrected chi connectivity index (χ4v) is 5.60. The molecule has 1 aliphatic heterocycles. The average Bonchev–Trinajstić information content (AvgIpc) is 3.57. The predicted octanol–water partition coefficient (Wildman–Crippen LogP) is 1.85. The second-order valence-corrected chi connectivity index (χ2v) is 14.4. The van der Waals surface area contributed by atoms with Gasteiger partial charge in [0.2, 0.25) is 0 Å².